The van der Waals surface area contributed by atoms with Crippen LogP contribution in [0.15, 0.2) is 0 Å². The Hall–Kier alpha value is -1.10. The van der Waals surface area contributed by atoms with E-state index in [0.717, 1.165) is 6.42 Å². The van der Waals surface area contributed by atoms with Crippen LogP contribution in [-0.4, -0.2) is 49.1 Å². The molecule has 1 rings (SSSR count). The van der Waals surface area contributed by atoms with E-state index >= 15 is 0 Å². The van der Waals surface area contributed by atoms with Gasteiger partial charge in [0.2, 0.25) is 11.8 Å². The maximum Gasteiger partial charge on any atom is 0.245 e. The summed E-state index contributed by atoms with van der Waals surface area (Å²) >= 11 is 0. The second-order valence-electron chi connectivity index (χ2n) is 3.98. The number of morpholine rings is 1. The number of nitrogens with one attached hydrogen (secondary N) is 1. The molecule has 92 valence electrons. The van der Waals surface area contributed by atoms with Crippen LogP contribution in [0.3, 0.4) is 0 Å². The van der Waals surface area contributed by atoms with Crippen molar-refractivity contribution in [3.8, 4) is 0 Å². The number of ether oxygens (including phenoxy) is 1. The first-order chi connectivity index (χ1) is 7.65. The monoisotopic (exact) mass is 228 g/mol. The van der Waals surface area contributed by atoms with Gasteiger partial charge in [-0.15, -0.1) is 0 Å². The first kappa shape index (κ1) is 13.0. The minimum absolute atomic E-state index is 0.0206. The normalized spacial score (nSPS) is 18.0. The fourth-order valence-corrected chi connectivity index (χ4v) is 1.66. The first-order valence-electron chi connectivity index (χ1n) is 5.81. The van der Waals surface area contributed by atoms with Crippen molar-refractivity contribution in [3.05, 3.63) is 0 Å². The molecule has 1 heterocycles. The molecule has 5 nitrogen and oxygen atoms in total. The second kappa shape index (κ2) is 6.48. The number of carbonyl (C=O) groups excluding carboxylic acids is 2. The van der Waals surface area contributed by atoms with Gasteiger partial charge in [-0.05, 0) is 13.3 Å². The topological polar surface area (TPSA) is 58.6 Å². The van der Waals surface area contributed by atoms with Gasteiger partial charge in [0.05, 0.1) is 13.2 Å². The van der Waals surface area contributed by atoms with E-state index in [2.05, 4.69) is 5.32 Å². The summed E-state index contributed by atoms with van der Waals surface area (Å²) in [6, 6.07) is -0.433. The third-order valence-corrected chi connectivity index (χ3v) is 2.55. The van der Waals surface area contributed by atoms with E-state index < -0.39 is 6.04 Å². The van der Waals surface area contributed by atoms with Crippen molar-refractivity contribution in [1.29, 1.82) is 0 Å². The Labute approximate surface area is 96.1 Å². The Kier molecular flexibility index (Phi) is 5.25. The van der Waals surface area contributed by atoms with Gasteiger partial charge in [-0.1, -0.05) is 6.92 Å². The zero-order valence-electron chi connectivity index (χ0n) is 9.99. The summed E-state index contributed by atoms with van der Waals surface area (Å²) in [5.41, 5.74) is 0. The van der Waals surface area contributed by atoms with E-state index in [-0.39, 0.29) is 11.8 Å². The van der Waals surface area contributed by atoms with Crippen molar-refractivity contribution >= 4 is 11.8 Å². The smallest absolute Gasteiger partial charge is 0.245 e. The lowest BCUT2D eigenvalue weighted by atomic mass is 10.2. The van der Waals surface area contributed by atoms with Gasteiger partial charge < -0.3 is 15.0 Å². The fraction of sp³-hybridized carbons (Fsp3) is 0.818. The highest BCUT2D eigenvalue weighted by Crippen LogP contribution is 2.01. The zero-order valence-corrected chi connectivity index (χ0v) is 9.99. The van der Waals surface area contributed by atoms with Gasteiger partial charge in [0, 0.05) is 19.5 Å². The Balaban J connectivity index is 2.37. The third kappa shape index (κ3) is 3.81. The number of carbonyl (C=O) groups is 2. The zero-order chi connectivity index (χ0) is 12.0. The van der Waals surface area contributed by atoms with E-state index in [0.29, 0.717) is 32.7 Å². The quantitative estimate of drug-likeness (QED) is 0.745. The van der Waals surface area contributed by atoms with Crippen LogP contribution in [-0.2, 0) is 14.3 Å². The second-order valence-corrected chi connectivity index (χ2v) is 3.98. The summed E-state index contributed by atoms with van der Waals surface area (Å²) < 4.78 is 5.17. The van der Waals surface area contributed by atoms with Gasteiger partial charge in [-0.2, -0.15) is 0 Å². The summed E-state index contributed by atoms with van der Waals surface area (Å²) in [5, 5.41) is 2.71. The molecule has 5 heteroatoms. The predicted octanol–water partition coefficient (Wildman–Crippen LogP) is 0.150. The molecule has 1 fully saturated rings. The molecule has 0 aliphatic carbocycles. The van der Waals surface area contributed by atoms with E-state index in [9.17, 15) is 9.59 Å². The number of hydrogen-bond acceptors (Lipinski definition) is 3. The van der Waals surface area contributed by atoms with Gasteiger partial charge in [-0.3, -0.25) is 9.59 Å². The lowest BCUT2D eigenvalue weighted by molar-refractivity contribution is -0.139. The molecule has 1 N–H and O–H groups in total. The van der Waals surface area contributed by atoms with Crippen molar-refractivity contribution in [2.24, 2.45) is 0 Å². The number of rotatable bonds is 4. The van der Waals surface area contributed by atoms with E-state index in [1.54, 1.807) is 11.8 Å². The van der Waals surface area contributed by atoms with Crippen molar-refractivity contribution < 1.29 is 14.3 Å². The van der Waals surface area contributed by atoms with Crippen molar-refractivity contribution in [1.82, 2.24) is 10.2 Å². The molecule has 1 aliphatic rings. The van der Waals surface area contributed by atoms with E-state index in [4.69, 9.17) is 4.74 Å². The average molecular weight is 228 g/mol. The average Bonchev–Trinajstić information content (AvgIpc) is 2.29. The van der Waals surface area contributed by atoms with Crippen LogP contribution < -0.4 is 5.32 Å². The highest BCUT2D eigenvalue weighted by molar-refractivity contribution is 5.87. The number of amides is 2. The van der Waals surface area contributed by atoms with Crippen LogP contribution in [0.25, 0.3) is 0 Å². The lowest BCUT2D eigenvalue weighted by Gasteiger charge is -2.29. The lowest BCUT2D eigenvalue weighted by Crippen LogP contribution is -2.50. The first-order valence-corrected chi connectivity index (χ1v) is 5.81. The maximum atomic E-state index is 11.9. The molecule has 1 aliphatic heterocycles. The van der Waals surface area contributed by atoms with Gasteiger partial charge in [0.15, 0.2) is 0 Å². The summed E-state index contributed by atoms with van der Waals surface area (Å²) in [4.78, 5) is 25.0. The van der Waals surface area contributed by atoms with Gasteiger partial charge >= 0.3 is 0 Å². The van der Waals surface area contributed by atoms with Gasteiger partial charge in [-0.25, -0.2) is 0 Å². The predicted molar refractivity (Wildman–Crippen MR) is 59.9 cm³/mol. The van der Waals surface area contributed by atoms with Crippen LogP contribution in [0.1, 0.15) is 26.7 Å². The minimum Gasteiger partial charge on any atom is -0.378 e. The van der Waals surface area contributed by atoms with Gasteiger partial charge in [0.1, 0.15) is 6.04 Å². The van der Waals surface area contributed by atoms with Crippen LogP contribution in [0, 0.1) is 0 Å². The number of nitrogens with zero attached hydrogens (tertiary/aromatic N) is 1. The molecule has 0 aromatic carbocycles. The largest absolute Gasteiger partial charge is 0.378 e. The molecular formula is C11H20N2O3. The fourth-order valence-electron chi connectivity index (χ4n) is 1.66. The summed E-state index contributed by atoms with van der Waals surface area (Å²) in [6.07, 6.45) is 1.27. The van der Waals surface area contributed by atoms with Crippen molar-refractivity contribution in [2.45, 2.75) is 32.7 Å². The molecule has 1 unspecified atom stereocenters. The Morgan fingerprint density at radius 3 is 2.56 bits per heavy atom. The molecule has 16 heavy (non-hydrogen) atoms. The summed E-state index contributed by atoms with van der Waals surface area (Å²) in [5.74, 6) is -0.0793. The third-order valence-electron chi connectivity index (χ3n) is 2.55. The van der Waals surface area contributed by atoms with E-state index in [1.807, 2.05) is 6.92 Å². The molecular weight excluding hydrogens is 208 g/mol. The SMILES string of the molecule is CCCC(=O)NC(C)C(=O)N1CCOCC1. The number of hydrogen-bond donors (Lipinski definition) is 1. The standard InChI is InChI=1S/C11H20N2O3/c1-3-4-10(14)12-9(2)11(15)13-5-7-16-8-6-13/h9H,3-8H2,1-2H3,(H,12,14). The molecule has 1 atom stereocenters. The van der Waals surface area contributed by atoms with Crippen molar-refractivity contribution in [3.63, 3.8) is 0 Å². The molecule has 2 amide bonds. The Bertz CT molecular complexity index is 250. The van der Waals surface area contributed by atoms with Crippen LogP contribution in [0.5, 0.6) is 0 Å². The molecule has 0 saturated carbocycles. The minimum atomic E-state index is -0.433. The summed E-state index contributed by atoms with van der Waals surface area (Å²) in [7, 11) is 0. The molecule has 0 radical (unpaired) electrons. The highest BCUT2D eigenvalue weighted by atomic mass is 16.5. The Morgan fingerprint density at radius 1 is 1.38 bits per heavy atom. The summed E-state index contributed by atoms with van der Waals surface area (Å²) in [6.45, 7) is 6.07. The van der Waals surface area contributed by atoms with Crippen LogP contribution >= 0.6 is 0 Å². The van der Waals surface area contributed by atoms with E-state index in [1.165, 1.54) is 0 Å². The van der Waals surface area contributed by atoms with Crippen molar-refractivity contribution in [2.75, 3.05) is 26.3 Å². The highest BCUT2D eigenvalue weighted by Gasteiger charge is 2.23. The van der Waals surface area contributed by atoms with Crippen LogP contribution in [0.2, 0.25) is 0 Å². The molecule has 1 saturated heterocycles. The Morgan fingerprint density at radius 2 is 2.00 bits per heavy atom. The maximum absolute atomic E-state index is 11.9. The molecule has 0 aromatic heterocycles. The molecule has 0 aromatic rings. The van der Waals surface area contributed by atoms with Crippen LogP contribution in [0.4, 0.5) is 0 Å². The van der Waals surface area contributed by atoms with Gasteiger partial charge in [0.25, 0.3) is 0 Å². The molecule has 0 bridgehead atoms. The molecule has 0 spiro atoms.